The third-order valence-corrected chi connectivity index (χ3v) is 2.01. The lowest BCUT2D eigenvalue weighted by molar-refractivity contribution is 0.0697. The van der Waals surface area contributed by atoms with Crippen LogP contribution in [0.2, 0.25) is 0 Å². The standard InChI is InChI=1S/C8H8BrNO3.BrH/c1-13-6-3-4(9)2-5(7(6)10)8(11)12;/h2-3H,10H2,1H3,(H,11,12);1H. The SMILES string of the molecule is Br.COc1cc(Br)cc(C(=O)O)c1N. The lowest BCUT2D eigenvalue weighted by Gasteiger charge is -2.07. The first-order valence-electron chi connectivity index (χ1n) is 3.42. The van der Waals surface area contributed by atoms with Crippen LogP contribution in [0.5, 0.6) is 5.75 Å². The van der Waals surface area contributed by atoms with E-state index >= 15 is 0 Å². The first-order valence-corrected chi connectivity index (χ1v) is 4.22. The summed E-state index contributed by atoms with van der Waals surface area (Å²) in [6, 6.07) is 3.04. The van der Waals surface area contributed by atoms with Gasteiger partial charge in [-0.05, 0) is 12.1 Å². The molecule has 0 aliphatic rings. The minimum Gasteiger partial charge on any atom is -0.495 e. The highest BCUT2D eigenvalue weighted by molar-refractivity contribution is 9.10. The van der Waals surface area contributed by atoms with E-state index in [2.05, 4.69) is 15.9 Å². The predicted octanol–water partition coefficient (Wildman–Crippen LogP) is 2.32. The number of methoxy groups -OCH3 is 1. The summed E-state index contributed by atoms with van der Waals surface area (Å²) in [5.74, 6) is -0.719. The van der Waals surface area contributed by atoms with Crippen LogP contribution in [0.3, 0.4) is 0 Å². The largest absolute Gasteiger partial charge is 0.495 e. The summed E-state index contributed by atoms with van der Waals surface area (Å²) >= 11 is 3.16. The van der Waals surface area contributed by atoms with Crippen LogP contribution in [0.4, 0.5) is 5.69 Å². The number of rotatable bonds is 2. The third kappa shape index (κ3) is 2.62. The van der Waals surface area contributed by atoms with Crippen LogP contribution in [0.1, 0.15) is 10.4 Å². The van der Waals surface area contributed by atoms with Gasteiger partial charge in [0.2, 0.25) is 0 Å². The molecule has 0 saturated carbocycles. The molecule has 6 heteroatoms. The summed E-state index contributed by atoms with van der Waals surface area (Å²) < 4.78 is 5.52. The quantitative estimate of drug-likeness (QED) is 0.818. The van der Waals surface area contributed by atoms with Crippen molar-refractivity contribution < 1.29 is 14.6 Å². The molecule has 3 N–H and O–H groups in total. The van der Waals surface area contributed by atoms with Gasteiger partial charge in [0, 0.05) is 4.47 Å². The van der Waals surface area contributed by atoms with Gasteiger partial charge in [0.1, 0.15) is 5.75 Å². The van der Waals surface area contributed by atoms with Gasteiger partial charge >= 0.3 is 5.97 Å². The van der Waals surface area contributed by atoms with Crippen molar-refractivity contribution >= 4 is 44.6 Å². The number of ether oxygens (including phenoxy) is 1. The molecule has 0 saturated heterocycles. The van der Waals surface area contributed by atoms with E-state index in [1.165, 1.54) is 13.2 Å². The molecule has 0 fully saturated rings. The minimum absolute atomic E-state index is 0. The van der Waals surface area contributed by atoms with Gasteiger partial charge in [0.15, 0.2) is 0 Å². The molecule has 0 aliphatic carbocycles. The van der Waals surface area contributed by atoms with Gasteiger partial charge in [-0.3, -0.25) is 0 Å². The zero-order chi connectivity index (χ0) is 10.0. The highest BCUT2D eigenvalue weighted by atomic mass is 79.9. The Morgan fingerprint density at radius 1 is 1.57 bits per heavy atom. The van der Waals surface area contributed by atoms with E-state index in [-0.39, 0.29) is 28.2 Å². The maximum absolute atomic E-state index is 10.7. The number of halogens is 2. The van der Waals surface area contributed by atoms with Gasteiger partial charge in [-0.1, -0.05) is 15.9 Å². The number of carbonyl (C=O) groups is 1. The average Bonchev–Trinajstić information content (AvgIpc) is 2.08. The molecule has 14 heavy (non-hydrogen) atoms. The molecule has 0 radical (unpaired) electrons. The van der Waals surface area contributed by atoms with Gasteiger partial charge in [0.05, 0.1) is 18.4 Å². The number of nitrogen functional groups attached to an aromatic ring is 1. The van der Waals surface area contributed by atoms with E-state index < -0.39 is 5.97 Å². The van der Waals surface area contributed by atoms with E-state index in [0.29, 0.717) is 10.2 Å². The van der Waals surface area contributed by atoms with Crippen LogP contribution in [0, 0.1) is 0 Å². The Kier molecular flexibility index (Phi) is 4.93. The minimum atomic E-state index is -1.07. The Morgan fingerprint density at radius 2 is 2.14 bits per heavy atom. The van der Waals surface area contributed by atoms with E-state index in [9.17, 15) is 4.79 Å². The fourth-order valence-electron chi connectivity index (χ4n) is 0.939. The molecule has 0 heterocycles. The Labute approximate surface area is 100.0 Å². The first kappa shape index (κ1) is 13.2. The number of anilines is 1. The molecular weight excluding hydrogens is 318 g/mol. The molecule has 0 bridgehead atoms. The van der Waals surface area contributed by atoms with Crippen LogP contribution in [-0.4, -0.2) is 18.2 Å². The molecular formula is C8H9Br2NO3. The van der Waals surface area contributed by atoms with Gasteiger partial charge in [-0.2, -0.15) is 0 Å². The van der Waals surface area contributed by atoms with Gasteiger partial charge in [-0.15, -0.1) is 17.0 Å². The normalized spacial score (nSPS) is 9.00. The smallest absolute Gasteiger partial charge is 0.337 e. The summed E-state index contributed by atoms with van der Waals surface area (Å²) in [7, 11) is 1.43. The fraction of sp³-hybridized carbons (Fsp3) is 0.125. The molecule has 0 atom stereocenters. The molecule has 0 aliphatic heterocycles. The van der Waals surface area contributed by atoms with Gasteiger partial charge < -0.3 is 15.6 Å². The number of hydrogen-bond donors (Lipinski definition) is 2. The van der Waals surface area contributed by atoms with Crippen LogP contribution in [0.25, 0.3) is 0 Å². The van der Waals surface area contributed by atoms with Crippen molar-refractivity contribution in [2.45, 2.75) is 0 Å². The van der Waals surface area contributed by atoms with Gasteiger partial charge in [0.25, 0.3) is 0 Å². The number of carboxylic acids is 1. The second-order valence-electron chi connectivity index (χ2n) is 2.37. The van der Waals surface area contributed by atoms with E-state index in [1.54, 1.807) is 6.07 Å². The molecule has 1 aromatic carbocycles. The highest BCUT2D eigenvalue weighted by Crippen LogP contribution is 2.29. The molecule has 0 unspecified atom stereocenters. The van der Waals surface area contributed by atoms with E-state index in [1.807, 2.05) is 0 Å². The van der Waals surface area contributed by atoms with Crippen LogP contribution in [0.15, 0.2) is 16.6 Å². The van der Waals surface area contributed by atoms with Crippen LogP contribution < -0.4 is 10.5 Å². The number of carboxylic acid groups (broad SMARTS) is 1. The van der Waals surface area contributed by atoms with Crippen molar-refractivity contribution in [1.29, 1.82) is 0 Å². The Hall–Kier alpha value is -0.750. The summed E-state index contributed by atoms with van der Waals surface area (Å²) in [4.78, 5) is 10.7. The molecule has 78 valence electrons. The highest BCUT2D eigenvalue weighted by Gasteiger charge is 2.13. The summed E-state index contributed by atoms with van der Waals surface area (Å²) in [5, 5.41) is 8.75. The second-order valence-corrected chi connectivity index (χ2v) is 3.29. The van der Waals surface area contributed by atoms with Crippen molar-refractivity contribution in [1.82, 2.24) is 0 Å². The number of benzene rings is 1. The summed E-state index contributed by atoms with van der Waals surface area (Å²) in [6.07, 6.45) is 0. The van der Waals surface area contributed by atoms with Gasteiger partial charge in [-0.25, -0.2) is 4.79 Å². The topological polar surface area (TPSA) is 72.5 Å². The van der Waals surface area contributed by atoms with Crippen molar-refractivity contribution in [2.75, 3.05) is 12.8 Å². The van der Waals surface area contributed by atoms with Crippen molar-refractivity contribution in [2.24, 2.45) is 0 Å². The molecule has 1 aromatic rings. The average molecular weight is 327 g/mol. The number of nitrogens with two attached hydrogens (primary N) is 1. The summed E-state index contributed by atoms with van der Waals surface area (Å²) in [6.45, 7) is 0. The first-order chi connectivity index (χ1) is 6.06. The zero-order valence-electron chi connectivity index (χ0n) is 7.28. The van der Waals surface area contributed by atoms with E-state index in [0.717, 1.165) is 0 Å². The number of aromatic carboxylic acids is 1. The van der Waals surface area contributed by atoms with Crippen molar-refractivity contribution in [3.8, 4) is 5.75 Å². The zero-order valence-corrected chi connectivity index (χ0v) is 10.6. The van der Waals surface area contributed by atoms with Crippen LogP contribution >= 0.6 is 32.9 Å². The molecule has 0 spiro atoms. The van der Waals surface area contributed by atoms with Crippen LogP contribution in [-0.2, 0) is 0 Å². The lowest BCUT2D eigenvalue weighted by Crippen LogP contribution is -2.04. The van der Waals surface area contributed by atoms with Crippen molar-refractivity contribution in [3.63, 3.8) is 0 Å². The lowest BCUT2D eigenvalue weighted by atomic mass is 10.1. The maximum atomic E-state index is 10.7. The molecule has 1 rings (SSSR count). The Morgan fingerprint density at radius 3 is 2.57 bits per heavy atom. The summed E-state index contributed by atoms with van der Waals surface area (Å²) in [5.41, 5.74) is 5.71. The molecule has 4 nitrogen and oxygen atoms in total. The predicted molar refractivity (Wildman–Crippen MR) is 62.4 cm³/mol. The molecule has 0 aromatic heterocycles. The Balaban J connectivity index is 0.00000169. The fourth-order valence-corrected chi connectivity index (χ4v) is 1.38. The third-order valence-electron chi connectivity index (χ3n) is 1.56. The Bertz CT molecular complexity index is 355. The van der Waals surface area contributed by atoms with E-state index in [4.69, 9.17) is 15.6 Å². The number of hydrogen-bond acceptors (Lipinski definition) is 3. The van der Waals surface area contributed by atoms with Crippen molar-refractivity contribution in [3.05, 3.63) is 22.2 Å². The molecule has 0 amide bonds. The monoisotopic (exact) mass is 325 g/mol. The second kappa shape index (κ2) is 5.21. The maximum Gasteiger partial charge on any atom is 0.337 e.